The summed E-state index contributed by atoms with van der Waals surface area (Å²) in [6.45, 7) is 5.35. The molecule has 2 aromatic rings. The van der Waals surface area contributed by atoms with Crippen molar-refractivity contribution in [2.75, 3.05) is 13.1 Å². The summed E-state index contributed by atoms with van der Waals surface area (Å²) in [6.07, 6.45) is 1.47. The summed E-state index contributed by atoms with van der Waals surface area (Å²) in [5.74, 6) is -0.491. The number of aromatic nitrogens is 2. The molecular formula is C16H19FN4O. The summed E-state index contributed by atoms with van der Waals surface area (Å²) < 4.78 is 14.0. The van der Waals surface area contributed by atoms with Gasteiger partial charge in [0.05, 0.1) is 17.5 Å². The number of amides is 1. The molecule has 0 unspecified atom stereocenters. The predicted octanol–water partition coefficient (Wildman–Crippen LogP) is 2.04. The number of hydrogen-bond acceptors (Lipinski definition) is 3. The lowest BCUT2D eigenvalue weighted by atomic mass is 10.1. The minimum atomic E-state index is -0.372. The van der Waals surface area contributed by atoms with Crippen LogP contribution in [0.2, 0.25) is 0 Å². The van der Waals surface area contributed by atoms with Crippen molar-refractivity contribution >= 4 is 5.91 Å². The van der Waals surface area contributed by atoms with Crippen LogP contribution in [0.3, 0.4) is 0 Å². The van der Waals surface area contributed by atoms with E-state index in [2.05, 4.69) is 15.5 Å². The highest BCUT2D eigenvalue weighted by molar-refractivity contribution is 5.99. The fourth-order valence-corrected chi connectivity index (χ4v) is 2.98. The average Bonchev–Trinajstić information content (AvgIpc) is 2.95. The Hall–Kier alpha value is -2.21. The molecule has 2 heterocycles. The van der Waals surface area contributed by atoms with Crippen molar-refractivity contribution in [3.8, 4) is 11.3 Å². The van der Waals surface area contributed by atoms with Crippen molar-refractivity contribution in [2.24, 2.45) is 0 Å². The zero-order chi connectivity index (χ0) is 15.7. The topological polar surface area (TPSA) is 61.0 Å². The van der Waals surface area contributed by atoms with Crippen molar-refractivity contribution in [3.05, 3.63) is 41.8 Å². The SMILES string of the molecule is C[C@@H]1CN(C(=O)c2cn[nH]c2-c2ccccc2F)C[C@@H](C)N1. The van der Waals surface area contributed by atoms with Gasteiger partial charge in [0.1, 0.15) is 5.82 Å². The Kier molecular flexibility index (Phi) is 3.94. The minimum Gasteiger partial charge on any atom is -0.335 e. The second-order valence-electron chi connectivity index (χ2n) is 5.82. The first kappa shape index (κ1) is 14.7. The van der Waals surface area contributed by atoms with E-state index in [1.165, 1.54) is 12.3 Å². The number of halogens is 1. The van der Waals surface area contributed by atoms with Crippen LogP contribution in [-0.4, -0.2) is 46.2 Å². The van der Waals surface area contributed by atoms with Gasteiger partial charge < -0.3 is 10.2 Å². The molecule has 5 nitrogen and oxygen atoms in total. The molecule has 1 fully saturated rings. The largest absolute Gasteiger partial charge is 0.335 e. The number of piperazine rings is 1. The average molecular weight is 302 g/mol. The molecule has 22 heavy (non-hydrogen) atoms. The number of nitrogens with zero attached hydrogens (tertiary/aromatic N) is 2. The first-order valence-corrected chi connectivity index (χ1v) is 7.40. The van der Waals surface area contributed by atoms with E-state index >= 15 is 0 Å². The van der Waals surface area contributed by atoms with Crippen LogP contribution in [-0.2, 0) is 0 Å². The molecule has 2 atom stereocenters. The summed E-state index contributed by atoms with van der Waals surface area (Å²) in [5.41, 5.74) is 1.20. The smallest absolute Gasteiger partial charge is 0.257 e. The van der Waals surface area contributed by atoms with Crippen LogP contribution < -0.4 is 5.32 Å². The maximum absolute atomic E-state index is 14.0. The maximum Gasteiger partial charge on any atom is 0.257 e. The Morgan fingerprint density at radius 2 is 1.95 bits per heavy atom. The lowest BCUT2D eigenvalue weighted by molar-refractivity contribution is 0.0674. The first-order valence-electron chi connectivity index (χ1n) is 7.40. The third-order valence-corrected chi connectivity index (χ3v) is 3.86. The number of carbonyl (C=O) groups is 1. The maximum atomic E-state index is 14.0. The zero-order valence-electron chi connectivity index (χ0n) is 12.6. The molecule has 0 aliphatic carbocycles. The van der Waals surface area contributed by atoms with E-state index in [9.17, 15) is 9.18 Å². The van der Waals surface area contributed by atoms with E-state index in [-0.39, 0.29) is 23.8 Å². The van der Waals surface area contributed by atoms with Crippen molar-refractivity contribution in [1.29, 1.82) is 0 Å². The van der Waals surface area contributed by atoms with Crippen LogP contribution in [0.4, 0.5) is 4.39 Å². The molecule has 6 heteroatoms. The van der Waals surface area contributed by atoms with Gasteiger partial charge in [-0.15, -0.1) is 0 Å². The summed E-state index contributed by atoms with van der Waals surface area (Å²) in [6, 6.07) is 6.84. The highest BCUT2D eigenvalue weighted by Gasteiger charge is 2.28. The van der Waals surface area contributed by atoms with Crippen LogP contribution in [0, 0.1) is 5.82 Å². The van der Waals surface area contributed by atoms with Gasteiger partial charge in [0.2, 0.25) is 0 Å². The number of benzene rings is 1. The Labute approximate surface area is 128 Å². The second kappa shape index (κ2) is 5.88. The van der Waals surface area contributed by atoms with Gasteiger partial charge in [0, 0.05) is 30.7 Å². The van der Waals surface area contributed by atoms with Gasteiger partial charge >= 0.3 is 0 Å². The number of aromatic amines is 1. The molecule has 0 saturated carbocycles. The van der Waals surface area contributed by atoms with E-state index in [4.69, 9.17) is 0 Å². The number of rotatable bonds is 2. The Balaban J connectivity index is 1.92. The summed E-state index contributed by atoms with van der Waals surface area (Å²) in [5, 5.41) is 10.1. The van der Waals surface area contributed by atoms with Crippen molar-refractivity contribution in [2.45, 2.75) is 25.9 Å². The quantitative estimate of drug-likeness (QED) is 0.892. The molecule has 0 bridgehead atoms. The first-order chi connectivity index (χ1) is 10.6. The fraction of sp³-hybridized carbons (Fsp3) is 0.375. The van der Waals surface area contributed by atoms with Gasteiger partial charge in [-0.3, -0.25) is 9.89 Å². The highest BCUT2D eigenvalue weighted by atomic mass is 19.1. The van der Waals surface area contributed by atoms with Crippen molar-refractivity contribution in [3.63, 3.8) is 0 Å². The molecule has 1 saturated heterocycles. The van der Waals surface area contributed by atoms with Gasteiger partial charge in [0.15, 0.2) is 0 Å². The van der Waals surface area contributed by atoms with E-state index in [1.807, 2.05) is 13.8 Å². The highest BCUT2D eigenvalue weighted by Crippen LogP contribution is 2.25. The molecule has 1 amide bonds. The van der Waals surface area contributed by atoms with Crippen molar-refractivity contribution < 1.29 is 9.18 Å². The standard InChI is InChI=1S/C16H19FN4O/c1-10-8-21(9-11(2)19-10)16(22)13-7-18-20-15(13)12-5-3-4-6-14(12)17/h3-7,10-11,19H,8-9H2,1-2H3,(H,18,20)/t10-,11-/m1/s1. The molecule has 2 N–H and O–H groups in total. The van der Waals surface area contributed by atoms with Crippen LogP contribution in [0.1, 0.15) is 24.2 Å². The molecule has 1 aliphatic rings. The molecule has 0 spiro atoms. The molecule has 3 rings (SSSR count). The van der Waals surface area contributed by atoms with Crippen LogP contribution in [0.5, 0.6) is 0 Å². The molecule has 1 aromatic heterocycles. The van der Waals surface area contributed by atoms with E-state index in [0.717, 1.165) is 0 Å². The van der Waals surface area contributed by atoms with Crippen LogP contribution in [0.25, 0.3) is 11.3 Å². The fourth-order valence-electron chi connectivity index (χ4n) is 2.98. The second-order valence-corrected chi connectivity index (χ2v) is 5.82. The third kappa shape index (κ3) is 2.74. The van der Waals surface area contributed by atoms with E-state index in [0.29, 0.717) is 29.9 Å². The minimum absolute atomic E-state index is 0.118. The number of H-pyrrole nitrogens is 1. The Morgan fingerprint density at radius 1 is 1.27 bits per heavy atom. The van der Waals surface area contributed by atoms with Crippen LogP contribution in [0.15, 0.2) is 30.5 Å². The predicted molar refractivity (Wildman–Crippen MR) is 81.9 cm³/mol. The van der Waals surface area contributed by atoms with Crippen LogP contribution >= 0.6 is 0 Å². The third-order valence-electron chi connectivity index (χ3n) is 3.86. The van der Waals surface area contributed by atoms with Gasteiger partial charge in [-0.25, -0.2) is 4.39 Å². The Bertz CT molecular complexity index is 674. The van der Waals surface area contributed by atoms with Crippen molar-refractivity contribution in [1.82, 2.24) is 20.4 Å². The Morgan fingerprint density at radius 3 is 2.64 bits per heavy atom. The summed E-state index contributed by atoms with van der Waals surface area (Å²) >= 11 is 0. The normalized spacial score (nSPS) is 21.9. The summed E-state index contributed by atoms with van der Waals surface area (Å²) in [4.78, 5) is 14.6. The monoisotopic (exact) mass is 302 g/mol. The number of nitrogens with one attached hydrogen (secondary N) is 2. The lowest BCUT2D eigenvalue weighted by Crippen LogP contribution is -2.55. The lowest BCUT2D eigenvalue weighted by Gasteiger charge is -2.36. The summed E-state index contributed by atoms with van der Waals surface area (Å²) in [7, 11) is 0. The number of hydrogen-bond donors (Lipinski definition) is 2. The number of carbonyl (C=O) groups excluding carboxylic acids is 1. The molecule has 1 aromatic carbocycles. The molecule has 1 aliphatic heterocycles. The molecule has 0 radical (unpaired) electrons. The molecular weight excluding hydrogens is 283 g/mol. The van der Waals surface area contributed by atoms with E-state index in [1.54, 1.807) is 23.1 Å². The van der Waals surface area contributed by atoms with Gasteiger partial charge in [-0.2, -0.15) is 5.10 Å². The van der Waals surface area contributed by atoms with Gasteiger partial charge in [-0.05, 0) is 26.0 Å². The zero-order valence-corrected chi connectivity index (χ0v) is 12.6. The van der Waals surface area contributed by atoms with Gasteiger partial charge in [-0.1, -0.05) is 12.1 Å². The van der Waals surface area contributed by atoms with E-state index < -0.39 is 0 Å². The van der Waals surface area contributed by atoms with Gasteiger partial charge in [0.25, 0.3) is 5.91 Å². The molecule has 116 valence electrons.